The molecule has 0 amide bonds. The zero-order valence-corrected chi connectivity index (χ0v) is 5.93. The molecule has 0 bridgehead atoms. The van der Waals surface area contributed by atoms with Gasteiger partial charge in [-0.15, -0.1) is 12.6 Å². The molecule has 0 saturated heterocycles. The summed E-state index contributed by atoms with van der Waals surface area (Å²) in [6.07, 6.45) is 0. The highest BCUT2D eigenvalue weighted by molar-refractivity contribution is 7.90. The molecule has 6 heteroatoms. The summed E-state index contributed by atoms with van der Waals surface area (Å²) in [6, 6.07) is 0. The van der Waals surface area contributed by atoms with Crippen molar-refractivity contribution in [2.24, 2.45) is 0 Å². The Kier molecular flexibility index (Phi) is 2.12. The maximum Gasteiger partial charge on any atom is 0.366 e. The minimum Gasteiger partial charge on any atom is -0.369 e. The Bertz CT molecular complexity index is 120. The first kappa shape index (κ1) is 8.46. The molecule has 0 aliphatic heterocycles. The van der Waals surface area contributed by atoms with Gasteiger partial charge in [0.25, 0.3) is 0 Å². The van der Waals surface area contributed by atoms with Crippen molar-refractivity contribution in [2.45, 2.75) is 11.6 Å². The van der Waals surface area contributed by atoms with Gasteiger partial charge in [0.2, 0.25) is 4.67 Å². The Hall–Kier alpha value is 0.460. The second-order valence-corrected chi connectivity index (χ2v) is 4.70. The summed E-state index contributed by atoms with van der Waals surface area (Å²) in [5.74, 6) is 0. The number of rotatable bonds is 1. The molecule has 0 aliphatic rings. The molecule has 1 atom stereocenters. The number of hydrogen-bond donors (Lipinski definition) is 4. The summed E-state index contributed by atoms with van der Waals surface area (Å²) in [6.45, 7) is 0.927. The molecule has 0 spiro atoms. The van der Waals surface area contributed by atoms with Gasteiger partial charge in [-0.25, -0.2) is 0 Å². The average molecular weight is 158 g/mol. The first-order chi connectivity index (χ1) is 3.25. The van der Waals surface area contributed by atoms with E-state index in [1.54, 1.807) is 0 Å². The van der Waals surface area contributed by atoms with Crippen LogP contribution < -0.4 is 0 Å². The molecule has 0 aromatic heterocycles. The lowest BCUT2D eigenvalue weighted by atomic mass is 10.9. The van der Waals surface area contributed by atoms with Gasteiger partial charge in [-0.1, -0.05) is 0 Å². The van der Waals surface area contributed by atoms with E-state index in [4.69, 9.17) is 14.9 Å². The fraction of sp³-hybridized carbons (Fsp3) is 1.00. The largest absolute Gasteiger partial charge is 0.369 e. The molecule has 0 radical (unpaired) electrons. The SMILES string of the molecule is CC(O)(S)P(=O)(O)O. The third-order valence-corrected chi connectivity index (χ3v) is 2.44. The minimum atomic E-state index is -4.43. The van der Waals surface area contributed by atoms with Gasteiger partial charge in [-0.2, -0.15) is 0 Å². The average Bonchev–Trinajstić information content (AvgIpc) is 1.25. The van der Waals surface area contributed by atoms with E-state index in [-0.39, 0.29) is 0 Å². The first-order valence-corrected chi connectivity index (χ1v) is 3.81. The Morgan fingerprint density at radius 2 is 1.75 bits per heavy atom. The topological polar surface area (TPSA) is 77.8 Å². The highest BCUT2D eigenvalue weighted by Gasteiger charge is 2.36. The van der Waals surface area contributed by atoms with E-state index in [0.29, 0.717) is 0 Å². The maximum atomic E-state index is 10.0. The predicted octanol–water partition coefficient (Wildman–Crippen LogP) is -0.240. The predicted molar refractivity (Wildman–Crippen MR) is 31.7 cm³/mol. The van der Waals surface area contributed by atoms with Crippen LogP contribution >= 0.6 is 20.2 Å². The maximum absolute atomic E-state index is 10.0. The Morgan fingerprint density at radius 3 is 1.75 bits per heavy atom. The Labute approximate surface area is 52.1 Å². The molecule has 0 aromatic carbocycles. The highest BCUT2D eigenvalue weighted by Crippen LogP contribution is 2.50. The number of thiol groups is 1. The number of aliphatic hydroxyl groups is 1. The number of hydrogen-bond acceptors (Lipinski definition) is 3. The van der Waals surface area contributed by atoms with E-state index in [9.17, 15) is 4.57 Å². The van der Waals surface area contributed by atoms with E-state index in [1.807, 2.05) is 0 Å². The van der Waals surface area contributed by atoms with Gasteiger partial charge in [0, 0.05) is 0 Å². The van der Waals surface area contributed by atoms with Gasteiger partial charge in [-0.05, 0) is 6.92 Å². The molecule has 1 unspecified atom stereocenters. The summed E-state index contributed by atoms with van der Waals surface area (Å²) >= 11 is 3.23. The van der Waals surface area contributed by atoms with Crippen LogP contribution in [0.4, 0.5) is 0 Å². The molecular weight excluding hydrogens is 151 g/mol. The quantitative estimate of drug-likeness (QED) is 0.241. The van der Waals surface area contributed by atoms with Crippen LogP contribution in [-0.4, -0.2) is 19.6 Å². The van der Waals surface area contributed by atoms with Gasteiger partial charge in [0.15, 0.2) is 0 Å². The van der Waals surface area contributed by atoms with E-state index in [2.05, 4.69) is 12.6 Å². The van der Waals surface area contributed by atoms with Crippen LogP contribution in [0.15, 0.2) is 0 Å². The molecule has 4 nitrogen and oxygen atoms in total. The van der Waals surface area contributed by atoms with Gasteiger partial charge in [0.1, 0.15) is 0 Å². The molecule has 0 saturated carbocycles. The fourth-order valence-corrected chi connectivity index (χ4v) is 0. The standard InChI is InChI=1S/C2H7O4PS/c1-2(3,8)7(4,5)6/h3,8H,1H3,(H2,4,5,6). The van der Waals surface area contributed by atoms with Gasteiger partial charge in [0.05, 0.1) is 0 Å². The summed E-state index contributed by atoms with van der Waals surface area (Å²) in [4.78, 5) is 16.3. The molecule has 3 N–H and O–H groups in total. The fourth-order valence-electron chi connectivity index (χ4n) is 0. The Morgan fingerprint density at radius 1 is 1.62 bits per heavy atom. The summed E-state index contributed by atoms with van der Waals surface area (Å²) in [5, 5.41) is 8.46. The summed E-state index contributed by atoms with van der Waals surface area (Å²) < 4.78 is 7.82. The zero-order chi connectivity index (χ0) is 7.00. The molecule has 0 rings (SSSR count). The third kappa shape index (κ3) is 2.15. The van der Waals surface area contributed by atoms with Crippen molar-refractivity contribution in [1.29, 1.82) is 0 Å². The highest BCUT2D eigenvalue weighted by atomic mass is 32.1. The van der Waals surface area contributed by atoms with Crippen LogP contribution in [0.25, 0.3) is 0 Å². The van der Waals surface area contributed by atoms with Crippen molar-refractivity contribution >= 4 is 20.2 Å². The van der Waals surface area contributed by atoms with Crippen LogP contribution in [0.1, 0.15) is 6.92 Å². The van der Waals surface area contributed by atoms with E-state index in [1.165, 1.54) is 0 Å². The van der Waals surface area contributed by atoms with Gasteiger partial charge >= 0.3 is 7.60 Å². The van der Waals surface area contributed by atoms with Crippen LogP contribution in [-0.2, 0) is 4.57 Å². The Balaban J connectivity index is 4.26. The van der Waals surface area contributed by atoms with Crippen molar-refractivity contribution in [3.8, 4) is 0 Å². The van der Waals surface area contributed by atoms with E-state index < -0.39 is 12.3 Å². The summed E-state index contributed by atoms with van der Waals surface area (Å²) in [7, 11) is -4.43. The molecule has 0 fully saturated rings. The molecular formula is C2H7O4PS. The molecule has 0 aliphatic carbocycles. The lowest BCUT2D eigenvalue weighted by molar-refractivity contribution is 0.192. The van der Waals surface area contributed by atoms with Crippen molar-refractivity contribution in [3.05, 3.63) is 0 Å². The van der Waals surface area contributed by atoms with Crippen molar-refractivity contribution in [3.63, 3.8) is 0 Å². The molecule has 0 aromatic rings. The van der Waals surface area contributed by atoms with Crippen molar-refractivity contribution < 1.29 is 19.5 Å². The monoisotopic (exact) mass is 158 g/mol. The normalized spacial score (nSPS) is 20.1. The lowest BCUT2D eigenvalue weighted by Crippen LogP contribution is -2.14. The van der Waals surface area contributed by atoms with E-state index >= 15 is 0 Å². The van der Waals surface area contributed by atoms with Gasteiger partial charge < -0.3 is 14.9 Å². The van der Waals surface area contributed by atoms with Crippen LogP contribution in [0.5, 0.6) is 0 Å². The second-order valence-electron chi connectivity index (χ2n) is 1.51. The van der Waals surface area contributed by atoms with Gasteiger partial charge in [-0.3, -0.25) is 4.57 Å². The van der Waals surface area contributed by atoms with Crippen molar-refractivity contribution in [2.75, 3.05) is 0 Å². The smallest absolute Gasteiger partial charge is 0.366 e. The molecule has 50 valence electrons. The van der Waals surface area contributed by atoms with Crippen LogP contribution in [0, 0.1) is 0 Å². The zero-order valence-electron chi connectivity index (χ0n) is 4.14. The molecule has 0 heterocycles. The van der Waals surface area contributed by atoms with Crippen molar-refractivity contribution in [1.82, 2.24) is 0 Å². The third-order valence-electron chi connectivity index (χ3n) is 0.552. The minimum absolute atomic E-state index is 0.927. The summed E-state index contributed by atoms with van der Waals surface area (Å²) in [5.41, 5.74) is 0. The van der Waals surface area contributed by atoms with Crippen LogP contribution in [0.2, 0.25) is 0 Å². The first-order valence-electron chi connectivity index (χ1n) is 1.75. The van der Waals surface area contributed by atoms with Crippen LogP contribution in [0.3, 0.4) is 0 Å². The van der Waals surface area contributed by atoms with E-state index in [0.717, 1.165) is 6.92 Å². The second kappa shape index (κ2) is 2.01. The lowest BCUT2D eigenvalue weighted by Gasteiger charge is -2.16. The molecule has 8 heavy (non-hydrogen) atoms.